The predicted octanol–water partition coefficient (Wildman–Crippen LogP) is 2.47. The van der Waals surface area contributed by atoms with E-state index in [1.54, 1.807) is 0 Å². The third kappa shape index (κ3) is 6.40. The maximum atomic E-state index is 11.6. The molecule has 0 radical (unpaired) electrons. The van der Waals surface area contributed by atoms with Gasteiger partial charge < -0.3 is 10.1 Å². The van der Waals surface area contributed by atoms with Gasteiger partial charge in [0.1, 0.15) is 0 Å². The zero-order chi connectivity index (χ0) is 13.4. The number of benzene rings is 1. The van der Waals surface area contributed by atoms with Crippen molar-refractivity contribution in [2.75, 3.05) is 13.2 Å². The number of rotatable bonds is 7. The summed E-state index contributed by atoms with van der Waals surface area (Å²) in [6.45, 7) is 7.20. The summed E-state index contributed by atoms with van der Waals surface area (Å²) in [5.41, 5.74) is 2.45. The number of amides is 1. The van der Waals surface area contributed by atoms with Gasteiger partial charge >= 0.3 is 0 Å². The lowest BCUT2D eigenvalue weighted by atomic mass is 10.1. The Bertz CT molecular complexity index is 357. The van der Waals surface area contributed by atoms with E-state index in [1.807, 2.05) is 13.8 Å². The van der Waals surface area contributed by atoms with Crippen LogP contribution in [0.2, 0.25) is 0 Å². The fourth-order valence-electron chi connectivity index (χ4n) is 1.59. The molecule has 3 heteroatoms. The minimum Gasteiger partial charge on any atom is -0.377 e. The van der Waals surface area contributed by atoms with Crippen LogP contribution in [0.4, 0.5) is 0 Å². The molecule has 0 fully saturated rings. The van der Waals surface area contributed by atoms with Crippen molar-refractivity contribution in [1.29, 1.82) is 0 Å². The third-order valence-corrected chi connectivity index (χ3v) is 2.64. The van der Waals surface area contributed by atoms with Crippen LogP contribution in [0.3, 0.4) is 0 Å². The number of hydrogen-bond acceptors (Lipinski definition) is 2. The smallest absolute Gasteiger partial charge is 0.220 e. The molecule has 1 aromatic rings. The van der Waals surface area contributed by atoms with Crippen LogP contribution in [0.1, 0.15) is 31.4 Å². The summed E-state index contributed by atoms with van der Waals surface area (Å²) in [7, 11) is 0. The molecule has 3 nitrogen and oxygen atoms in total. The molecule has 0 aliphatic rings. The monoisotopic (exact) mass is 249 g/mol. The molecule has 0 atom stereocenters. The normalized spacial score (nSPS) is 10.7. The summed E-state index contributed by atoms with van der Waals surface area (Å²) < 4.78 is 5.35. The van der Waals surface area contributed by atoms with Crippen molar-refractivity contribution in [3.63, 3.8) is 0 Å². The molecule has 0 bridgehead atoms. The van der Waals surface area contributed by atoms with Crippen LogP contribution in [0.15, 0.2) is 24.3 Å². The van der Waals surface area contributed by atoms with Crippen LogP contribution in [0.25, 0.3) is 0 Å². The Balaban J connectivity index is 2.15. The first kappa shape index (κ1) is 14.7. The average molecular weight is 249 g/mol. The van der Waals surface area contributed by atoms with E-state index >= 15 is 0 Å². The van der Waals surface area contributed by atoms with Gasteiger partial charge in [0.05, 0.1) is 12.7 Å². The molecule has 0 saturated heterocycles. The van der Waals surface area contributed by atoms with Crippen molar-refractivity contribution in [2.45, 2.75) is 39.7 Å². The van der Waals surface area contributed by atoms with Gasteiger partial charge in [0.25, 0.3) is 0 Å². The number of carbonyl (C=O) groups excluding carboxylic acids is 1. The van der Waals surface area contributed by atoms with E-state index in [9.17, 15) is 4.79 Å². The van der Waals surface area contributed by atoms with Crippen molar-refractivity contribution in [2.24, 2.45) is 0 Å². The Labute approximate surface area is 110 Å². The fraction of sp³-hybridized carbons (Fsp3) is 0.533. The Morgan fingerprint density at radius 1 is 1.28 bits per heavy atom. The number of aryl methyl sites for hydroxylation is 2. The van der Waals surface area contributed by atoms with E-state index in [0.29, 0.717) is 19.6 Å². The van der Waals surface area contributed by atoms with E-state index in [-0.39, 0.29) is 12.0 Å². The number of carbonyl (C=O) groups is 1. The highest BCUT2D eigenvalue weighted by Crippen LogP contribution is 2.05. The minimum absolute atomic E-state index is 0.0860. The number of ether oxygens (including phenoxy) is 1. The van der Waals surface area contributed by atoms with Crippen molar-refractivity contribution in [3.8, 4) is 0 Å². The summed E-state index contributed by atoms with van der Waals surface area (Å²) in [6, 6.07) is 8.29. The molecule has 0 aliphatic carbocycles. The minimum atomic E-state index is 0.0860. The van der Waals surface area contributed by atoms with E-state index in [2.05, 4.69) is 36.5 Å². The van der Waals surface area contributed by atoms with Crippen LogP contribution in [-0.2, 0) is 16.0 Å². The third-order valence-electron chi connectivity index (χ3n) is 2.64. The molecule has 18 heavy (non-hydrogen) atoms. The van der Waals surface area contributed by atoms with Crippen molar-refractivity contribution >= 4 is 5.91 Å². The molecular formula is C15H23NO2. The quantitative estimate of drug-likeness (QED) is 0.754. The summed E-state index contributed by atoms with van der Waals surface area (Å²) >= 11 is 0. The molecule has 0 spiro atoms. The Kier molecular flexibility index (Phi) is 6.44. The Morgan fingerprint density at radius 3 is 2.56 bits per heavy atom. The van der Waals surface area contributed by atoms with Gasteiger partial charge in [-0.25, -0.2) is 0 Å². The summed E-state index contributed by atoms with van der Waals surface area (Å²) in [5, 5.41) is 2.86. The molecule has 0 aliphatic heterocycles. The molecule has 0 unspecified atom stereocenters. The SMILES string of the molecule is Cc1ccc(CCC(=O)NCCOC(C)C)cc1. The second-order valence-corrected chi connectivity index (χ2v) is 4.76. The van der Waals surface area contributed by atoms with Crippen LogP contribution in [-0.4, -0.2) is 25.2 Å². The highest BCUT2D eigenvalue weighted by molar-refractivity contribution is 5.76. The first-order valence-electron chi connectivity index (χ1n) is 6.52. The molecule has 1 amide bonds. The van der Waals surface area contributed by atoms with E-state index in [1.165, 1.54) is 11.1 Å². The van der Waals surface area contributed by atoms with Gasteiger partial charge in [0.15, 0.2) is 0 Å². The van der Waals surface area contributed by atoms with Gasteiger partial charge in [-0.1, -0.05) is 29.8 Å². The van der Waals surface area contributed by atoms with E-state index in [4.69, 9.17) is 4.74 Å². The lowest BCUT2D eigenvalue weighted by Crippen LogP contribution is -2.28. The summed E-state index contributed by atoms with van der Waals surface area (Å²) in [6.07, 6.45) is 1.54. The predicted molar refractivity (Wildman–Crippen MR) is 73.6 cm³/mol. The van der Waals surface area contributed by atoms with Crippen molar-refractivity contribution < 1.29 is 9.53 Å². The highest BCUT2D eigenvalue weighted by atomic mass is 16.5. The standard InChI is InChI=1S/C15H23NO2/c1-12(2)18-11-10-16-15(17)9-8-14-6-4-13(3)5-7-14/h4-7,12H,8-11H2,1-3H3,(H,16,17). The maximum absolute atomic E-state index is 11.6. The summed E-state index contributed by atoms with van der Waals surface area (Å²) in [5.74, 6) is 0.0860. The lowest BCUT2D eigenvalue weighted by molar-refractivity contribution is -0.121. The fourth-order valence-corrected chi connectivity index (χ4v) is 1.59. The van der Waals surface area contributed by atoms with E-state index < -0.39 is 0 Å². The number of hydrogen-bond donors (Lipinski definition) is 1. The second kappa shape index (κ2) is 7.88. The van der Waals surface area contributed by atoms with Crippen LogP contribution in [0, 0.1) is 6.92 Å². The molecule has 0 heterocycles. The molecule has 0 saturated carbocycles. The molecule has 1 rings (SSSR count). The van der Waals surface area contributed by atoms with Gasteiger partial charge in [-0.05, 0) is 32.8 Å². The molecule has 0 aromatic heterocycles. The zero-order valence-electron chi connectivity index (χ0n) is 11.5. The van der Waals surface area contributed by atoms with Gasteiger partial charge in [0, 0.05) is 13.0 Å². The lowest BCUT2D eigenvalue weighted by Gasteiger charge is -2.08. The van der Waals surface area contributed by atoms with Crippen LogP contribution < -0.4 is 5.32 Å². The van der Waals surface area contributed by atoms with Gasteiger partial charge in [-0.3, -0.25) is 4.79 Å². The molecule has 1 N–H and O–H groups in total. The molecular weight excluding hydrogens is 226 g/mol. The van der Waals surface area contributed by atoms with Crippen molar-refractivity contribution in [3.05, 3.63) is 35.4 Å². The molecule has 100 valence electrons. The first-order valence-corrected chi connectivity index (χ1v) is 6.52. The van der Waals surface area contributed by atoms with Gasteiger partial charge in [-0.2, -0.15) is 0 Å². The Morgan fingerprint density at radius 2 is 1.94 bits per heavy atom. The van der Waals surface area contributed by atoms with Gasteiger partial charge in [0.2, 0.25) is 5.91 Å². The second-order valence-electron chi connectivity index (χ2n) is 4.76. The summed E-state index contributed by atoms with van der Waals surface area (Å²) in [4.78, 5) is 11.6. The molecule has 1 aromatic carbocycles. The number of nitrogens with one attached hydrogen (secondary N) is 1. The topological polar surface area (TPSA) is 38.3 Å². The van der Waals surface area contributed by atoms with Crippen molar-refractivity contribution in [1.82, 2.24) is 5.32 Å². The maximum Gasteiger partial charge on any atom is 0.220 e. The van der Waals surface area contributed by atoms with Crippen LogP contribution >= 0.6 is 0 Å². The van der Waals surface area contributed by atoms with E-state index in [0.717, 1.165) is 6.42 Å². The zero-order valence-corrected chi connectivity index (χ0v) is 11.5. The first-order chi connectivity index (χ1) is 8.58. The highest BCUT2D eigenvalue weighted by Gasteiger charge is 2.02. The largest absolute Gasteiger partial charge is 0.377 e. The van der Waals surface area contributed by atoms with Crippen LogP contribution in [0.5, 0.6) is 0 Å². The average Bonchev–Trinajstić information content (AvgIpc) is 2.34. The Hall–Kier alpha value is -1.35. The van der Waals surface area contributed by atoms with Gasteiger partial charge in [-0.15, -0.1) is 0 Å².